The number of nitrogens with zero attached hydrogens (tertiary/aromatic N) is 2. The first kappa shape index (κ1) is 19.4. The number of carbonyl (C=O) groups is 1. The van der Waals surface area contributed by atoms with Gasteiger partial charge in [-0.05, 0) is 29.8 Å². The van der Waals surface area contributed by atoms with Crippen LogP contribution in [0.3, 0.4) is 0 Å². The molecule has 1 amide bonds. The fourth-order valence-corrected chi connectivity index (χ4v) is 3.60. The van der Waals surface area contributed by atoms with E-state index in [0.29, 0.717) is 34.8 Å². The van der Waals surface area contributed by atoms with Crippen LogP contribution >= 0.6 is 0 Å². The van der Waals surface area contributed by atoms with E-state index in [1.165, 1.54) is 0 Å². The van der Waals surface area contributed by atoms with E-state index in [2.05, 4.69) is 21.7 Å². The molecule has 156 valence electrons. The second kappa shape index (κ2) is 8.28. The SMILES string of the molecule is N#Cc1c(NC(=O)c2ccc3c(c2)OCO3)nc2ccccc2c1NCc1ccccc1. The maximum atomic E-state index is 12.9. The minimum Gasteiger partial charge on any atom is -0.454 e. The second-order valence-electron chi connectivity index (χ2n) is 7.20. The lowest BCUT2D eigenvalue weighted by atomic mass is 10.1. The summed E-state index contributed by atoms with van der Waals surface area (Å²) in [6.45, 7) is 0.654. The molecule has 4 aromatic rings. The number of pyridine rings is 1. The van der Waals surface area contributed by atoms with Crippen molar-refractivity contribution in [3.8, 4) is 17.6 Å². The van der Waals surface area contributed by atoms with Gasteiger partial charge in [0.1, 0.15) is 11.6 Å². The fraction of sp³-hybridized carbons (Fsp3) is 0.0800. The van der Waals surface area contributed by atoms with E-state index < -0.39 is 5.91 Å². The highest BCUT2D eigenvalue weighted by molar-refractivity contribution is 6.07. The highest BCUT2D eigenvalue weighted by Gasteiger charge is 2.20. The van der Waals surface area contributed by atoms with E-state index in [0.717, 1.165) is 10.9 Å². The number of anilines is 2. The van der Waals surface area contributed by atoms with Crippen molar-refractivity contribution in [2.45, 2.75) is 6.54 Å². The van der Waals surface area contributed by atoms with Gasteiger partial charge in [0.2, 0.25) is 6.79 Å². The zero-order valence-electron chi connectivity index (χ0n) is 17.0. The molecule has 0 saturated heterocycles. The van der Waals surface area contributed by atoms with Gasteiger partial charge in [-0.1, -0.05) is 48.5 Å². The minimum atomic E-state index is -0.392. The van der Waals surface area contributed by atoms with Crippen LogP contribution in [0.2, 0.25) is 0 Å². The Labute approximate surface area is 184 Å². The normalized spacial score (nSPS) is 11.7. The van der Waals surface area contributed by atoms with E-state index in [1.807, 2.05) is 54.6 Å². The van der Waals surface area contributed by atoms with Crippen molar-refractivity contribution >= 4 is 28.3 Å². The molecule has 5 rings (SSSR count). The molecular formula is C25H18N4O3. The number of hydrogen-bond donors (Lipinski definition) is 2. The summed E-state index contributed by atoms with van der Waals surface area (Å²) in [5.74, 6) is 0.909. The summed E-state index contributed by atoms with van der Waals surface area (Å²) in [5.41, 5.74) is 3.02. The molecule has 2 N–H and O–H groups in total. The topological polar surface area (TPSA) is 96.3 Å². The predicted molar refractivity (Wildman–Crippen MR) is 121 cm³/mol. The number of nitrogens with one attached hydrogen (secondary N) is 2. The van der Waals surface area contributed by atoms with E-state index in [4.69, 9.17) is 9.47 Å². The van der Waals surface area contributed by atoms with Crippen LogP contribution in [-0.4, -0.2) is 17.7 Å². The molecule has 3 aromatic carbocycles. The number of para-hydroxylation sites is 1. The highest BCUT2D eigenvalue weighted by atomic mass is 16.7. The maximum Gasteiger partial charge on any atom is 0.256 e. The molecule has 0 bridgehead atoms. The molecule has 0 saturated carbocycles. The summed E-state index contributed by atoms with van der Waals surface area (Å²) in [6, 6.07) is 24.5. The molecule has 0 fully saturated rings. The Kier molecular flexibility index (Phi) is 5.02. The summed E-state index contributed by atoms with van der Waals surface area (Å²) in [7, 11) is 0. The van der Waals surface area contributed by atoms with Crippen LogP contribution in [0.25, 0.3) is 10.9 Å². The van der Waals surface area contributed by atoms with Crippen molar-refractivity contribution in [3.05, 3.63) is 89.5 Å². The van der Waals surface area contributed by atoms with Gasteiger partial charge in [0.05, 0.1) is 11.2 Å². The molecule has 0 atom stereocenters. The molecular weight excluding hydrogens is 404 g/mol. The summed E-state index contributed by atoms with van der Waals surface area (Å²) in [4.78, 5) is 17.5. The fourth-order valence-electron chi connectivity index (χ4n) is 3.60. The van der Waals surface area contributed by atoms with Gasteiger partial charge in [0, 0.05) is 17.5 Å². The van der Waals surface area contributed by atoms with E-state index in [9.17, 15) is 10.1 Å². The Morgan fingerprint density at radius 2 is 1.78 bits per heavy atom. The second-order valence-corrected chi connectivity index (χ2v) is 7.20. The highest BCUT2D eigenvalue weighted by Crippen LogP contribution is 2.34. The van der Waals surface area contributed by atoms with Crippen molar-refractivity contribution in [1.82, 2.24) is 4.98 Å². The summed E-state index contributed by atoms with van der Waals surface area (Å²) in [6.07, 6.45) is 0. The van der Waals surface area contributed by atoms with Crippen LogP contribution in [-0.2, 0) is 6.54 Å². The van der Waals surface area contributed by atoms with Crippen LogP contribution in [0, 0.1) is 11.3 Å². The summed E-state index contributed by atoms with van der Waals surface area (Å²) in [5, 5.41) is 16.9. The zero-order chi connectivity index (χ0) is 21.9. The Bertz CT molecular complexity index is 1360. The summed E-state index contributed by atoms with van der Waals surface area (Å²) < 4.78 is 10.7. The number of hydrogen-bond acceptors (Lipinski definition) is 6. The van der Waals surface area contributed by atoms with Crippen LogP contribution in [0.1, 0.15) is 21.5 Å². The Hall–Kier alpha value is -4.57. The number of carbonyl (C=O) groups excluding carboxylic acids is 1. The first-order valence-corrected chi connectivity index (χ1v) is 10.0. The Morgan fingerprint density at radius 3 is 2.62 bits per heavy atom. The molecule has 7 heteroatoms. The third-order valence-electron chi connectivity index (χ3n) is 5.18. The first-order chi connectivity index (χ1) is 15.7. The van der Waals surface area contributed by atoms with Crippen LogP contribution < -0.4 is 20.1 Å². The molecule has 32 heavy (non-hydrogen) atoms. The largest absolute Gasteiger partial charge is 0.454 e. The lowest BCUT2D eigenvalue weighted by Gasteiger charge is -2.15. The number of rotatable bonds is 5. The Balaban J connectivity index is 1.51. The molecule has 1 aromatic heterocycles. The molecule has 0 spiro atoms. The van der Waals surface area contributed by atoms with E-state index in [1.54, 1.807) is 18.2 Å². The number of aromatic nitrogens is 1. The monoisotopic (exact) mass is 422 g/mol. The van der Waals surface area contributed by atoms with Crippen molar-refractivity contribution in [1.29, 1.82) is 5.26 Å². The molecule has 7 nitrogen and oxygen atoms in total. The lowest BCUT2D eigenvalue weighted by Crippen LogP contribution is -2.15. The van der Waals surface area contributed by atoms with Crippen molar-refractivity contribution in [2.24, 2.45) is 0 Å². The average molecular weight is 422 g/mol. The number of benzene rings is 3. The molecule has 1 aliphatic rings. The van der Waals surface area contributed by atoms with Crippen LogP contribution in [0.15, 0.2) is 72.8 Å². The predicted octanol–water partition coefficient (Wildman–Crippen LogP) is 4.70. The smallest absolute Gasteiger partial charge is 0.256 e. The molecule has 0 aliphatic carbocycles. The minimum absolute atomic E-state index is 0.127. The van der Waals surface area contributed by atoms with Gasteiger partial charge in [0.15, 0.2) is 17.3 Å². The third kappa shape index (κ3) is 3.66. The molecule has 0 unspecified atom stereocenters. The number of amides is 1. The van der Waals surface area contributed by atoms with Gasteiger partial charge in [-0.25, -0.2) is 4.98 Å². The quantitative estimate of drug-likeness (QED) is 0.484. The van der Waals surface area contributed by atoms with Crippen LogP contribution in [0.4, 0.5) is 11.5 Å². The first-order valence-electron chi connectivity index (χ1n) is 10.0. The van der Waals surface area contributed by atoms with Gasteiger partial charge >= 0.3 is 0 Å². The van der Waals surface area contributed by atoms with E-state index in [-0.39, 0.29) is 18.2 Å². The third-order valence-corrected chi connectivity index (χ3v) is 5.18. The van der Waals surface area contributed by atoms with Crippen molar-refractivity contribution < 1.29 is 14.3 Å². The zero-order valence-corrected chi connectivity index (χ0v) is 17.0. The van der Waals surface area contributed by atoms with Gasteiger partial charge in [0.25, 0.3) is 5.91 Å². The Morgan fingerprint density at radius 1 is 1.00 bits per heavy atom. The van der Waals surface area contributed by atoms with Gasteiger partial charge in [-0.15, -0.1) is 0 Å². The van der Waals surface area contributed by atoms with Crippen molar-refractivity contribution in [3.63, 3.8) is 0 Å². The lowest BCUT2D eigenvalue weighted by molar-refractivity contribution is 0.102. The van der Waals surface area contributed by atoms with Gasteiger partial charge in [-0.2, -0.15) is 5.26 Å². The molecule has 1 aliphatic heterocycles. The average Bonchev–Trinajstić information content (AvgIpc) is 3.31. The van der Waals surface area contributed by atoms with Gasteiger partial charge < -0.3 is 20.1 Å². The van der Waals surface area contributed by atoms with Crippen molar-refractivity contribution in [2.75, 3.05) is 17.4 Å². The molecule has 2 heterocycles. The maximum absolute atomic E-state index is 12.9. The van der Waals surface area contributed by atoms with E-state index >= 15 is 0 Å². The number of nitriles is 1. The number of ether oxygens (including phenoxy) is 2. The van der Waals surface area contributed by atoms with Crippen LogP contribution in [0.5, 0.6) is 11.5 Å². The summed E-state index contributed by atoms with van der Waals surface area (Å²) >= 11 is 0. The molecule has 0 radical (unpaired) electrons. The van der Waals surface area contributed by atoms with Gasteiger partial charge in [-0.3, -0.25) is 4.79 Å². The standard InChI is InChI=1S/C25H18N4O3/c26-13-19-23(27-14-16-6-2-1-3-7-16)18-8-4-5-9-20(18)28-24(19)29-25(30)17-10-11-21-22(12-17)32-15-31-21/h1-12H,14-15H2,(H2,27,28,29,30). The number of fused-ring (bicyclic) bond motifs is 2.